The SMILES string of the molecule is CN(CC#Cc1ccccn1)C(=O)c1cccn1C. The molecule has 0 fully saturated rings. The Morgan fingerprint density at radius 1 is 1.37 bits per heavy atom. The standard InChI is InChI=1S/C15H15N3O/c1-17-11-6-9-14(17)15(19)18(2)12-5-8-13-7-3-4-10-16-13/h3-4,6-7,9-11H,12H2,1-2H3. The molecular weight excluding hydrogens is 238 g/mol. The Bertz CT molecular complexity index is 620. The second-order valence-corrected chi connectivity index (χ2v) is 4.18. The molecule has 0 atom stereocenters. The van der Waals surface area contributed by atoms with Gasteiger partial charge in [0.25, 0.3) is 5.91 Å². The highest BCUT2D eigenvalue weighted by Crippen LogP contribution is 2.03. The fourth-order valence-electron chi connectivity index (χ4n) is 1.64. The maximum absolute atomic E-state index is 12.1. The van der Waals surface area contributed by atoms with E-state index in [2.05, 4.69) is 16.8 Å². The fraction of sp³-hybridized carbons (Fsp3) is 0.200. The molecule has 0 saturated carbocycles. The van der Waals surface area contributed by atoms with Crippen LogP contribution < -0.4 is 0 Å². The van der Waals surface area contributed by atoms with Crippen LogP contribution in [0.5, 0.6) is 0 Å². The van der Waals surface area contributed by atoms with E-state index in [9.17, 15) is 4.79 Å². The molecule has 0 aliphatic rings. The average molecular weight is 253 g/mol. The number of amides is 1. The molecule has 0 aromatic carbocycles. The highest BCUT2D eigenvalue weighted by molar-refractivity contribution is 5.92. The van der Waals surface area contributed by atoms with Gasteiger partial charge in [0.2, 0.25) is 0 Å². The maximum Gasteiger partial charge on any atom is 0.270 e. The Labute approximate surface area is 112 Å². The molecule has 19 heavy (non-hydrogen) atoms. The van der Waals surface area contributed by atoms with Crippen LogP contribution in [0.2, 0.25) is 0 Å². The van der Waals surface area contributed by atoms with Crippen LogP contribution in [0.4, 0.5) is 0 Å². The minimum absolute atomic E-state index is 0.0391. The van der Waals surface area contributed by atoms with E-state index in [4.69, 9.17) is 0 Å². The fourth-order valence-corrected chi connectivity index (χ4v) is 1.64. The van der Waals surface area contributed by atoms with Gasteiger partial charge in [-0.05, 0) is 30.2 Å². The molecule has 96 valence electrons. The molecule has 4 nitrogen and oxygen atoms in total. The van der Waals surface area contributed by atoms with Crippen molar-refractivity contribution in [2.24, 2.45) is 7.05 Å². The van der Waals surface area contributed by atoms with Gasteiger partial charge in [0, 0.05) is 26.5 Å². The van der Waals surface area contributed by atoms with Gasteiger partial charge < -0.3 is 9.47 Å². The monoisotopic (exact) mass is 253 g/mol. The minimum atomic E-state index is -0.0391. The van der Waals surface area contributed by atoms with Crippen molar-refractivity contribution in [2.75, 3.05) is 13.6 Å². The molecule has 0 aliphatic heterocycles. The summed E-state index contributed by atoms with van der Waals surface area (Å²) in [5.74, 6) is 5.84. The summed E-state index contributed by atoms with van der Waals surface area (Å²) in [6, 6.07) is 9.21. The summed E-state index contributed by atoms with van der Waals surface area (Å²) >= 11 is 0. The lowest BCUT2D eigenvalue weighted by molar-refractivity contribution is 0.0803. The number of aryl methyl sites for hydroxylation is 1. The Hall–Kier alpha value is -2.54. The summed E-state index contributed by atoms with van der Waals surface area (Å²) in [4.78, 5) is 17.8. The Morgan fingerprint density at radius 3 is 2.84 bits per heavy atom. The normalized spacial score (nSPS) is 9.58. The largest absolute Gasteiger partial charge is 0.347 e. The lowest BCUT2D eigenvalue weighted by atomic mass is 10.3. The number of aromatic nitrogens is 2. The first-order valence-electron chi connectivity index (χ1n) is 5.95. The zero-order chi connectivity index (χ0) is 13.7. The molecule has 0 aliphatic carbocycles. The van der Waals surface area contributed by atoms with Crippen LogP contribution in [0.1, 0.15) is 16.2 Å². The first-order valence-corrected chi connectivity index (χ1v) is 5.95. The predicted octanol–water partition coefficient (Wildman–Crippen LogP) is 1.54. The molecule has 1 amide bonds. The summed E-state index contributed by atoms with van der Waals surface area (Å²) < 4.78 is 1.80. The molecule has 2 heterocycles. The number of hydrogen-bond acceptors (Lipinski definition) is 2. The lowest BCUT2D eigenvalue weighted by Crippen LogP contribution is -2.28. The van der Waals surface area contributed by atoms with Crippen molar-refractivity contribution < 1.29 is 4.79 Å². The molecule has 4 heteroatoms. The van der Waals surface area contributed by atoms with E-state index in [1.807, 2.05) is 37.5 Å². The van der Waals surface area contributed by atoms with E-state index in [0.29, 0.717) is 17.9 Å². The second-order valence-electron chi connectivity index (χ2n) is 4.18. The number of hydrogen-bond donors (Lipinski definition) is 0. The van der Waals surface area contributed by atoms with Gasteiger partial charge in [-0.25, -0.2) is 4.98 Å². The number of carbonyl (C=O) groups excluding carboxylic acids is 1. The first kappa shape index (κ1) is 12.9. The van der Waals surface area contributed by atoms with Crippen LogP contribution in [0, 0.1) is 11.8 Å². The van der Waals surface area contributed by atoms with Gasteiger partial charge in [0.1, 0.15) is 11.4 Å². The Morgan fingerprint density at radius 2 is 2.21 bits per heavy atom. The van der Waals surface area contributed by atoms with Crippen molar-refractivity contribution >= 4 is 5.91 Å². The van der Waals surface area contributed by atoms with Crippen molar-refractivity contribution in [1.29, 1.82) is 0 Å². The van der Waals surface area contributed by atoms with Gasteiger partial charge in [-0.3, -0.25) is 4.79 Å². The zero-order valence-electron chi connectivity index (χ0n) is 11.0. The molecule has 0 radical (unpaired) electrons. The van der Waals surface area contributed by atoms with Crippen LogP contribution >= 0.6 is 0 Å². The predicted molar refractivity (Wildman–Crippen MR) is 73.5 cm³/mol. The van der Waals surface area contributed by atoms with Crippen molar-refractivity contribution in [1.82, 2.24) is 14.5 Å². The van der Waals surface area contributed by atoms with Crippen LogP contribution in [0.15, 0.2) is 42.7 Å². The van der Waals surface area contributed by atoms with Crippen molar-refractivity contribution in [2.45, 2.75) is 0 Å². The third-order valence-electron chi connectivity index (χ3n) is 2.71. The van der Waals surface area contributed by atoms with E-state index in [-0.39, 0.29) is 5.91 Å². The van der Waals surface area contributed by atoms with Crippen LogP contribution in [0.3, 0.4) is 0 Å². The number of nitrogens with zero attached hydrogens (tertiary/aromatic N) is 3. The quantitative estimate of drug-likeness (QED) is 0.761. The van der Waals surface area contributed by atoms with Crippen molar-refractivity contribution in [3.05, 3.63) is 54.1 Å². The molecule has 0 spiro atoms. The molecule has 0 N–H and O–H groups in total. The lowest BCUT2D eigenvalue weighted by Gasteiger charge is -2.13. The summed E-state index contributed by atoms with van der Waals surface area (Å²) in [5.41, 5.74) is 1.37. The van der Waals surface area contributed by atoms with Crippen LogP contribution in [-0.2, 0) is 7.05 Å². The molecular formula is C15H15N3O. The van der Waals surface area contributed by atoms with E-state index in [0.717, 1.165) is 0 Å². The molecule has 0 unspecified atom stereocenters. The van der Waals surface area contributed by atoms with Gasteiger partial charge >= 0.3 is 0 Å². The topological polar surface area (TPSA) is 38.1 Å². The van der Waals surface area contributed by atoms with Gasteiger partial charge in [0.15, 0.2) is 0 Å². The molecule has 2 aromatic rings. The highest BCUT2D eigenvalue weighted by atomic mass is 16.2. The summed E-state index contributed by atoms with van der Waals surface area (Å²) in [6.07, 6.45) is 3.55. The van der Waals surface area contributed by atoms with E-state index in [1.165, 1.54) is 0 Å². The number of pyridine rings is 1. The Balaban J connectivity index is 1.99. The molecule has 0 saturated heterocycles. The maximum atomic E-state index is 12.1. The van der Waals surface area contributed by atoms with E-state index >= 15 is 0 Å². The summed E-state index contributed by atoms with van der Waals surface area (Å²) in [6.45, 7) is 0.376. The smallest absolute Gasteiger partial charge is 0.270 e. The Kier molecular flexibility index (Phi) is 3.99. The van der Waals surface area contributed by atoms with Gasteiger partial charge in [0.05, 0.1) is 6.54 Å². The second kappa shape index (κ2) is 5.87. The van der Waals surface area contributed by atoms with Crippen molar-refractivity contribution in [3.8, 4) is 11.8 Å². The van der Waals surface area contributed by atoms with Crippen molar-refractivity contribution in [3.63, 3.8) is 0 Å². The van der Waals surface area contributed by atoms with Gasteiger partial charge in [-0.2, -0.15) is 0 Å². The highest BCUT2D eigenvalue weighted by Gasteiger charge is 2.12. The zero-order valence-corrected chi connectivity index (χ0v) is 11.0. The third-order valence-corrected chi connectivity index (χ3v) is 2.71. The average Bonchev–Trinajstić information content (AvgIpc) is 2.85. The van der Waals surface area contributed by atoms with E-state index in [1.54, 1.807) is 28.8 Å². The number of rotatable bonds is 2. The first-order chi connectivity index (χ1) is 9.18. The summed E-state index contributed by atoms with van der Waals surface area (Å²) in [7, 11) is 3.59. The number of carbonyl (C=O) groups is 1. The summed E-state index contributed by atoms with van der Waals surface area (Å²) in [5, 5.41) is 0. The van der Waals surface area contributed by atoms with Gasteiger partial charge in [-0.15, -0.1) is 0 Å². The van der Waals surface area contributed by atoms with Gasteiger partial charge in [-0.1, -0.05) is 12.0 Å². The van der Waals surface area contributed by atoms with E-state index < -0.39 is 0 Å². The molecule has 2 aromatic heterocycles. The molecule has 2 rings (SSSR count). The minimum Gasteiger partial charge on any atom is -0.347 e. The van der Waals surface area contributed by atoms with Crippen LogP contribution in [-0.4, -0.2) is 34.0 Å². The molecule has 0 bridgehead atoms. The third kappa shape index (κ3) is 3.23. The van der Waals surface area contributed by atoms with Crippen LogP contribution in [0.25, 0.3) is 0 Å².